The van der Waals surface area contributed by atoms with Gasteiger partial charge in [-0.1, -0.05) is 47.1 Å². The van der Waals surface area contributed by atoms with E-state index >= 15 is 0 Å². The quantitative estimate of drug-likeness (QED) is 0.392. The van der Waals surface area contributed by atoms with E-state index in [2.05, 4.69) is 10.5 Å². The predicted octanol–water partition coefficient (Wildman–Crippen LogP) is 4.48. The minimum absolute atomic E-state index is 0.274. The summed E-state index contributed by atoms with van der Waals surface area (Å²) in [5.41, 5.74) is 3.52. The molecule has 3 aromatic carbocycles. The number of nitrogens with one attached hydrogen (secondary N) is 1. The van der Waals surface area contributed by atoms with Crippen molar-refractivity contribution in [2.75, 3.05) is 0 Å². The highest BCUT2D eigenvalue weighted by Crippen LogP contribution is 2.35. The fraction of sp³-hybridized carbons (Fsp3) is 0.148. The van der Waals surface area contributed by atoms with Crippen LogP contribution in [-0.2, 0) is 6.42 Å². The third-order valence-electron chi connectivity index (χ3n) is 6.61. The largest absolute Gasteiger partial charge is 0.390 e. The number of aromatic nitrogens is 2. The van der Waals surface area contributed by atoms with Crippen LogP contribution in [0.25, 0.3) is 27.5 Å². The summed E-state index contributed by atoms with van der Waals surface area (Å²) in [6.45, 7) is 1.69. The molecule has 1 aliphatic carbocycles. The van der Waals surface area contributed by atoms with Crippen LogP contribution in [0, 0.1) is 6.92 Å². The van der Waals surface area contributed by atoms with Crippen LogP contribution in [0.3, 0.4) is 0 Å². The van der Waals surface area contributed by atoms with Crippen LogP contribution >= 0.6 is 11.6 Å². The number of halogens is 1. The lowest BCUT2D eigenvalue weighted by Gasteiger charge is -2.19. The Bertz CT molecular complexity index is 1690. The van der Waals surface area contributed by atoms with Crippen LogP contribution < -0.4 is 10.9 Å². The van der Waals surface area contributed by atoms with Gasteiger partial charge in [0.2, 0.25) is 0 Å². The molecule has 0 spiro atoms. The fourth-order valence-electron chi connectivity index (χ4n) is 4.94. The Morgan fingerprint density at radius 1 is 1.11 bits per heavy atom. The van der Waals surface area contributed by atoms with Crippen molar-refractivity contribution in [3.8, 4) is 5.69 Å². The molecule has 0 saturated carbocycles. The zero-order valence-electron chi connectivity index (χ0n) is 18.7. The van der Waals surface area contributed by atoms with Gasteiger partial charge in [-0.15, -0.1) is 0 Å². The zero-order valence-corrected chi connectivity index (χ0v) is 19.4. The lowest BCUT2D eigenvalue weighted by molar-refractivity contribution is 0.0858. The normalized spacial score (nSPS) is 17.1. The van der Waals surface area contributed by atoms with Gasteiger partial charge in [-0.3, -0.25) is 14.2 Å². The minimum atomic E-state index is -0.779. The molecule has 2 aromatic heterocycles. The first-order valence-corrected chi connectivity index (χ1v) is 11.6. The van der Waals surface area contributed by atoms with Crippen molar-refractivity contribution in [2.24, 2.45) is 0 Å². The third kappa shape index (κ3) is 3.35. The first kappa shape index (κ1) is 21.6. The van der Waals surface area contributed by atoms with Crippen LogP contribution in [0.15, 0.2) is 76.0 Å². The number of amides is 1. The summed E-state index contributed by atoms with van der Waals surface area (Å²) >= 11 is 6.53. The molecule has 0 saturated heterocycles. The van der Waals surface area contributed by atoms with Gasteiger partial charge in [0.25, 0.3) is 11.5 Å². The van der Waals surface area contributed by atoms with Crippen LogP contribution in [0.2, 0.25) is 5.02 Å². The highest BCUT2D eigenvalue weighted by atomic mass is 35.5. The molecule has 0 aliphatic heterocycles. The molecule has 2 atom stereocenters. The number of carbonyl (C=O) groups is 1. The Morgan fingerprint density at radius 3 is 2.71 bits per heavy atom. The Labute approximate surface area is 204 Å². The van der Waals surface area contributed by atoms with E-state index in [9.17, 15) is 14.7 Å². The Balaban J connectivity index is 1.52. The molecular formula is C27H20ClN3O4. The number of pyridine rings is 1. The molecule has 1 aliphatic rings. The highest BCUT2D eigenvalue weighted by Gasteiger charge is 2.33. The summed E-state index contributed by atoms with van der Waals surface area (Å²) in [5.74, 6) is 0.133. The van der Waals surface area contributed by atoms with E-state index in [-0.39, 0.29) is 11.5 Å². The zero-order chi connectivity index (χ0) is 24.3. The van der Waals surface area contributed by atoms with E-state index in [4.69, 9.17) is 16.1 Å². The average Bonchev–Trinajstić information content (AvgIpc) is 3.39. The van der Waals surface area contributed by atoms with E-state index in [1.807, 2.05) is 30.3 Å². The Morgan fingerprint density at radius 2 is 1.91 bits per heavy atom. The molecule has 174 valence electrons. The van der Waals surface area contributed by atoms with Gasteiger partial charge < -0.3 is 14.9 Å². The van der Waals surface area contributed by atoms with Crippen LogP contribution in [-0.4, -0.2) is 26.8 Å². The molecule has 0 radical (unpaired) electrons. The Kier molecular flexibility index (Phi) is 4.98. The van der Waals surface area contributed by atoms with Crippen LogP contribution in [0.1, 0.15) is 33.3 Å². The number of carbonyl (C=O) groups excluding carboxylic acids is 1. The summed E-state index contributed by atoms with van der Waals surface area (Å²) in [6, 6.07) is 19.2. The Hall–Kier alpha value is -3.94. The van der Waals surface area contributed by atoms with Gasteiger partial charge in [0.1, 0.15) is 16.7 Å². The molecule has 0 fully saturated rings. The summed E-state index contributed by atoms with van der Waals surface area (Å²) < 4.78 is 6.92. The van der Waals surface area contributed by atoms with Gasteiger partial charge >= 0.3 is 0 Å². The molecule has 6 rings (SSSR count). The van der Waals surface area contributed by atoms with Crippen molar-refractivity contribution in [3.63, 3.8) is 0 Å². The van der Waals surface area contributed by atoms with Crippen LogP contribution in [0.4, 0.5) is 0 Å². The maximum absolute atomic E-state index is 13.6. The summed E-state index contributed by atoms with van der Waals surface area (Å²) in [4.78, 5) is 26.5. The number of aryl methyl sites for hydroxylation is 1. The van der Waals surface area contributed by atoms with Crippen molar-refractivity contribution in [2.45, 2.75) is 25.5 Å². The molecule has 1 amide bonds. The van der Waals surface area contributed by atoms with Gasteiger partial charge in [0.05, 0.1) is 22.7 Å². The molecule has 2 heterocycles. The molecule has 2 unspecified atom stereocenters. The SMILES string of the molecule is Cc1onc2c1c(=O)n(-c1ccc3c(c1)C(NC(=O)c1ccccc1)C(O)C3)c1cccc(Cl)c21. The first-order valence-electron chi connectivity index (χ1n) is 11.2. The maximum Gasteiger partial charge on any atom is 0.268 e. The van der Waals surface area contributed by atoms with Crippen molar-refractivity contribution < 1.29 is 14.4 Å². The standard InChI is InChI=1S/C27H20ClN3O4/c1-14-22-25(30-35-14)23-19(28)8-5-9-20(23)31(27(22)34)17-11-10-16-12-21(32)24(18(16)13-17)29-26(33)15-6-3-2-4-7-15/h2-11,13,21,24,32H,12H2,1H3,(H,29,33). The number of aliphatic hydroxyl groups excluding tert-OH is 1. The van der Waals surface area contributed by atoms with Gasteiger partial charge in [-0.05, 0) is 54.4 Å². The number of aliphatic hydroxyl groups is 1. The number of fused-ring (bicyclic) bond motifs is 4. The number of nitrogens with zero attached hydrogens (tertiary/aromatic N) is 2. The van der Waals surface area contributed by atoms with E-state index in [1.165, 1.54) is 0 Å². The highest BCUT2D eigenvalue weighted by molar-refractivity contribution is 6.37. The summed E-state index contributed by atoms with van der Waals surface area (Å²) in [7, 11) is 0. The average molecular weight is 486 g/mol. The van der Waals surface area contributed by atoms with Gasteiger partial charge in [0, 0.05) is 23.1 Å². The number of rotatable bonds is 3. The third-order valence-corrected chi connectivity index (χ3v) is 6.92. The molecular weight excluding hydrogens is 466 g/mol. The van der Waals surface area contributed by atoms with E-state index < -0.39 is 12.1 Å². The first-order chi connectivity index (χ1) is 16.9. The van der Waals surface area contributed by atoms with Gasteiger partial charge in [-0.2, -0.15) is 0 Å². The topological polar surface area (TPSA) is 97.4 Å². The molecule has 2 N–H and O–H groups in total. The van der Waals surface area contributed by atoms with Crippen LogP contribution in [0.5, 0.6) is 0 Å². The second-order valence-electron chi connectivity index (χ2n) is 8.71. The van der Waals surface area contributed by atoms with E-state index in [0.717, 1.165) is 11.1 Å². The number of hydrogen-bond donors (Lipinski definition) is 2. The maximum atomic E-state index is 13.6. The number of hydrogen-bond acceptors (Lipinski definition) is 5. The smallest absolute Gasteiger partial charge is 0.268 e. The fourth-order valence-corrected chi connectivity index (χ4v) is 5.20. The predicted molar refractivity (Wildman–Crippen MR) is 133 cm³/mol. The summed E-state index contributed by atoms with van der Waals surface area (Å²) in [6.07, 6.45) is -0.376. The second-order valence-corrected chi connectivity index (χ2v) is 9.12. The lowest BCUT2D eigenvalue weighted by Crippen LogP contribution is -2.33. The molecule has 7 nitrogen and oxygen atoms in total. The second kappa shape index (κ2) is 8.08. The number of benzene rings is 3. The minimum Gasteiger partial charge on any atom is -0.390 e. The molecule has 0 bridgehead atoms. The molecule has 35 heavy (non-hydrogen) atoms. The monoisotopic (exact) mass is 485 g/mol. The van der Waals surface area contributed by atoms with Gasteiger partial charge in [-0.25, -0.2) is 0 Å². The molecule has 5 aromatic rings. The van der Waals surface area contributed by atoms with Crippen molar-refractivity contribution >= 4 is 39.3 Å². The van der Waals surface area contributed by atoms with Crippen molar-refractivity contribution in [3.05, 3.63) is 105 Å². The van der Waals surface area contributed by atoms with E-state index in [0.29, 0.717) is 50.3 Å². The van der Waals surface area contributed by atoms with E-state index in [1.54, 1.807) is 47.9 Å². The van der Waals surface area contributed by atoms with Gasteiger partial charge in [0.15, 0.2) is 0 Å². The summed E-state index contributed by atoms with van der Waals surface area (Å²) in [5, 5.41) is 19.2. The van der Waals surface area contributed by atoms with Crippen molar-refractivity contribution in [1.82, 2.24) is 15.0 Å². The van der Waals surface area contributed by atoms with Crippen molar-refractivity contribution in [1.29, 1.82) is 0 Å². The lowest BCUT2D eigenvalue weighted by atomic mass is 10.0. The molecule has 8 heteroatoms.